The van der Waals surface area contributed by atoms with E-state index in [4.69, 9.17) is 0 Å². The summed E-state index contributed by atoms with van der Waals surface area (Å²) < 4.78 is 0. The Bertz CT molecular complexity index is 770. The van der Waals surface area contributed by atoms with E-state index in [1.165, 1.54) is 0 Å². The summed E-state index contributed by atoms with van der Waals surface area (Å²) >= 11 is 0. The molecule has 2 aromatic carbocycles. The Hall–Kier alpha value is -2.62. The lowest BCUT2D eigenvalue weighted by atomic mass is 9.85. The number of hydrogen-bond donors (Lipinski definition) is 1. The molecule has 0 saturated carbocycles. The van der Waals surface area contributed by atoms with Crippen LogP contribution >= 0.6 is 0 Å². The Morgan fingerprint density at radius 2 is 1.82 bits per heavy atom. The average molecular weight is 292 g/mol. The zero-order valence-electron chi connectivity index (χ0n) is 12.2. The maximum Gasteiger partial charge on any atom is 0.252 e. The van der Waals surface area contributed by atoms with Crippen molar-refractivity contribution in [3.8, 4) is 0 Å². The largest absolute Gasteiger partial charge is 0.366 e. The van der Waals surface area contributed by atoms with Crippen molar-refractivity contribution >= 4 is 17.4 Å². The van der Waals surface area contributed by atoms with E-state index in [2.05, 4.69) is 10.2 Å². The molecule has 4 heteroatoms. The van der Waals surface area contributed by atoms with Crippen LogP contribution in [-0.4, -0.2) is 25.3 Å². The highest BCUT2D eigenvalue weighted by Gasteiger charge is 2.45. The van der Waals surface area contributed by atoms with Crippen molar-refractivity contribution in [2.45, 2.75) is 12.0 Å². The summed E-state index contributed by atoms with van der Waals surface area (Å²) in [4.78, 5) is 27.0. The molecule has 2 aliphatic rings. The minimum Gasteiger partial charge on any atom is -0.366 e. The first kappa shape index (κ1) is 13.1. The number of nitrogens with zero attached hydrogens (tertiary/aromatic N) is 1. The fourth-order valence-electron chi connectivity index (χ4n) is 3.69. The molecule has 0 fully saturated rings. The zero-order valence-corrected chi connectivity index (χ0v) is 12.2. The number of amides is 1. The standard InChI is InChI=1S/C18H16N2O2/c1-20-13-9-5-8-12-15(13)16(14(21)10-19-18(12)22)17(20)11-6-3-2-4-7-11/h2-9,16-17H,10H2,1H3,(H,19,22). The van der Waals surface area contributed by atoms with E-state index in [0.717, 1.165) is 16.8 Å². The van der Waals surface area contributed by atoms with Gasteiger partial charge in [0.2, 0.25) is 0 Å². The van der Waals surface area contributed by atoms with E-state index < -0.39 is 0 Å². The number of rotatable bonds is 1. The van der Waals surface area contributed by atoms with Crippen molar-refractivity contribution in [3.63, 3.8) is 0 Å². The number of nitrogens with one attached hydrogen (secondary N) is 1. The maximum absolute atomic E-state index is 12.7. The first-order chi connectivity index (χ1) is 10.7. The fourth-order valence-corrected chi connectivity index (χ4v) is 3.69. The normalized spacial score (nSPS) is 23.0. The van der Waals surface area contributed by atoms with E-state index in [1.807, 2.05) is 49.5 Å². The molecule has 2 heterocycles. The lowest BCUT2D eigenvalue weighted by Crippen LogP contribution is -2.32. The summed E-state index contributed by atoms with van der Waals surface area (Å²) in [5.74, 6) is -0.384. The van der Waals surface area contributed by atoms with E-state index in [9.17, 15) is 9.59 Å². The third-order valence-corrected chi connectivity index (χ3v) is 4.66. The van der Waals surface area contributed by atoms with Crippen molar-refractivity contribution < 1.29 is 9.59 Å². The molecule has 0 aromatic heterocycles. The second-order valence-corrected chi connectivity index (χ2v) is 5.83. The van der Waals surface area contributed by atoms with Crippen molar-refractivity contribution in [1.29, 1.82) is 0 Å². The first-order valence-corrected chi connectivity index (χ1v) is 7.40. The molecule has 22 heavy (non-hydrogen) atoms. The average Bonchev–Trinajstić information content (AvgIpc) is 2.79. The zero-order chi connectivity index (χ0) is 15.3. The van der Waals surface area contributed by atoms with Crippen LogP contribution in [0.5, 0.6) is 0 Å². The van der Waals surface area contributed by atoms with E-state index >= 15 is 0 Å². The van der Waals surface area contributed by atoms with Gasteiger partial charge in [-0.05, 0) is 17.7 Å². The summed E-state index contributed by atoms with van der Waals surface area (Å²) in [5, 5.41) is 2.72. The second-order valence-electron chi connectivity index (χ2n) is 5.83. The van der Waals surface area contributed by atoms with Crippen LogP contribution in [0.25, 0.3) is 0 Å². The van der Waals surface area contributed by atoms with Gasteiger partial charge in [0, 0.05) is 23.9 Å². The summed E-state index contributed by atoms with van der Waals surface area (Å²) in [7, 11) is 1.99. The van der Waals surface area contributed by atoms with Gasteiger partial charge in [-0.1, -0.05) is 36.4 Å². The predicted octanol–water partition coefficient (Wildman–Crippen LogP) is 2.27. The van der Waals surface area contributed by atoms with Gasteiger partial charge >= 0.3 is 0 Å². The van der Waals surface area contributed by atoms with Gasteiger partial charge in [-0.3, -0.25) is 9.59 Å². The van der Waals surface area contributed by atoms with Gasteiger partial charge in [0.25, 0.3) is 5.91 Å². The Labute approximate surface area is 128 Å². The van der Waals surface area contributed by atoms with Gasteiger partial charge in [-0.25, -0.2) is 0 Å². The summed E-state index contributed by atoms with van der Waals surface area (Å²) in [6.45, 7) is 0.0921. The van der Waals surface area contributed by atoms with Gasteiger partial charge < -0.3 is 10.2 Å². The number of ketones is 1. The molecule has 0 radical (unpaired) electrons. The second kappa shape index (κ2) is 4.70. The summed E-state index contributed by atoms with van der Waals surface area (Å²) in [5.41, 5.74) is 3.57. The SMILES string of the molecule is CN1c2cccc3c2C(C(=O)CNC3=O)C1c1ccccc1. The van der Waals surface area contributed by atoms with Crippen LogP contribution < -0.4 is 10.2 Å². The molecule has 4 nitrogen and oxygen atoms in total. The fraction of sp³-hybridized carbons (Fsp3) is 0.222. The number of Topliss-reactive ketones (excluding diaryl/α,β-unsaturated/α-hetero) is 1. The molecule has 0 bridgehead atoms. The molecule has 2 aromatic rings. The maximum atomic E-state index is 12.7. The van der Waals surface area contributed by atoms with Gasteiger partial charge in [-0.15, -0.1) is 0 Å². The summed E-state index contributed by atoms with van der Waals surface area (Å²) in [6, 6.07) is 15.6. The number of anilines is 1. The molecule has 1 N–H and O–H groups in total. The highest BCUT2D eigenvalue weighted by atomic mass is 16.2. The molecule has 0 spiro atoms. The third kappa shape index (κ3) is 1.70. The van der Waals surface area contributed by atoms with Crippen LogP contribution in [0.2, 0.25) is 0 Å². The molecule has 0 saturated heterocycles. The Kier molecular flexibility index (Phi) is 2.79. The van der Waals surface area contributed by atoms with Crippen LogP contribution in [0.4, 0.5) is 5.69 Å². The van der Waals surface area contributed by atoms with Crippen LogP contribution in [-0.2, 0) is 4.79 Å². The quantitative estimate of drug-likeness (QED) is 0.877. The number of likely N-dealkylation sites (N-methyl/N-ethyl adjacent to an activating group) is 1. The highest BCUT2D eigenvalue weighted by molar-refractivity contribution is 6.06. The summed E-state index contributed by atoms with van der Waals surface area (Å²) in [6.07, 6.45) is 0. The molecule has 2 atom stereocenters. The van der Waals surface area contributed by atoms with Crippen LogP contribution in [0.15, 0.2) is 48.5 Å². The minimum absolute atomic E-state index is 0.0578. The predicted molar refractivity (Wildman–Crippen MR) is 84.1 cm³/mol. The Morgan fingerprint density at radius 3 is 2.59 bits per heavy atom. The van der Waals surface area contributed by atoms with Crippen molar-refractivity contribution in [2.75, 3.05) is 18.5 Å². The highest BCUT2D eigenvalue weighted by Crippen LogP contribution is 2.50. The van der Waals surface area contributed by atoms with E-state index in [-0.39, 0.29) is 30.2 Å². The van der Waals surface area contributed by atoms with Gasteiger partial charge in [0.1, 0.15) is 0 Å². The van der Waals surface area contributed by atoms with Crippen LogP contribution in [0.1, 0.15) is 33.4 Å². The Balaban J connectivity index is 1.96. The van der Waals surface area contributed by atoms with Gasteiger partial charge in [0.15, 0.2) is 5.78 Å². The lowest BCUT2D eigenvalue weighted by molar-refractivity contribution is -0.119. The molecule has 110 valence electrons. The molecular weight excluding hydrogens is 276 g/mol. The molecule has 4 rings (SSSR count). The first-order valence-electron chi connectivity index (χ1n) is 7.40. The number of carbonyl (C=O) groups excluding carboxylic acids is 2. The van der Waals surface area contributed by atoms with E-state index in [0.29, 0.717) is 5.56 Å². The van der Waals surface area contributed by atoms with Crippen LogP contribution in [0, 0.1) is 0 Å². The minimum atomic E-state index is -0.294. The molecular formula is C18H16N2O2. The number of carbonyl (C=O) groups is 2. The lowest BCUT2D eigenvalue weighted by Gasteiger charge is -2.26. The van der Waals surface area contributed by atoms with Crippen molar-refractivity contribution in [2.24, 2.45) is 0 Å². The monoisotopic (exact) mass is 292 g/mol. The third-order valence-electron chi connectivity index (χ3n) is 4.66. The van der Waals surface area contributed by atoms with E-state index in [1.54, 1.807) is 6.07 Å². The topological polar surface area (TPSA) is 49.4 Å². The molecule has 1 amide bonds. The van der Waals surface area contributed by atoms with Crippen molar-refractivity contribution in [3.05, 3.63) is 65.2 Å². The van der Waals surface area contributed by atoms with Gasteiger partial charge in [0.05, 0.1) is 18.5 Å². The van der Waals surface area contributed by atoms with Gasteiger partial charge in [-0.2, -0.15) is 0 Å². The Morgan fingerprint density at radius 1 is 1.05 bits per heavy atom. The molecule has 0 aliphatic carbocycles. The van der Waals surface area contributed by atoms with Crippen LogP contribution in [0.3, 0.4) is 0 Å². The molecule has 2 unspecified atom stereocenters. The molecule has 2 aliphatic heterocycles. The number of benzene rings is 2. The smallest absolute Gasteiger partial charge is 0.252 e. The number of hydrogen-bond acceptors (Lipinski definition) is 3. The van der Waals surface area contributed by atoms with Crippen molar-refractivity contribution in [1.82, 2.24) is 5.32 Å².